The third-order valence-electron chi connectivity index (χ3n) is 3.89. The van der Waals surface area contributed by atoms with Gasteiger partial charge in [-0.05, 0) is 66.4 Å². The topological polar surface area (TPSA) is 37.8 Å². The van der Waals surface area contributed by atoms with E-state index in [1.54, 1.807) is 0 Å². The summed E-state index contributed by atoms with van der Waals surface area (Å²) in [6.45, 7) is 4.13. The average molecular weight is 332 g/mol. The van der Waals surface area contributed by atoms with Gasteiger partial charge in [-0.2, -0.15) is 0 Å². The van der Waals surface area contributed by atoms with E-state index in [0.29, 0.717) is 12.0 Å². The molecule has 0 spiro atoms. The Morgan fingerprint density at radius 3 is 2.65 bits per heavy atom. The lowest BCUT2D eigenvalue weighted by Crippen LogP contribution is -2.34. The Hall–Kier alpha value is -1.42. The van der Waals surface area contributed by atoms with Crippen molar-refractivity contribution < 1.29 is 0 Å². The van der Waals surface area contributed by atoms with E-state index in [4.69, 9.17) is 0 Å². The number of aromatic nitrogens is 2. The predicted octanol–water partition coefficient (Wildman–Crippen LogP) is 4.21. The number of anilines is 1. The first-order valence-corrected chi connectivity index (χ1v) is 7.72. The molecule has 0 unspecified atom stereocenters. The Balaban J connectivity index is 1.60. The maximum Gasteiger partial charge on any atom is 0.0603 e. The largest absolute Gasteiger partial charge is 0.381 e. The van der Waals surface area contributed by atoms with Crippen LogP contribution in [0.25, 0.3) is 0 Å². The molecular formula is C16H18BrN3. The number of pyridine rings is 2. The predicted molar refractivity (Wildman–Crippen MR) is 85.0 cm³/mol. The molecule has 20 heavy (non-hydrogen) atoms. The van der Waals surface area contributed by atoms with Crippen molar-refractivity contribution in [1.82, 2.24) is 9.97 Å². The van der Waals surface area contributed by atoms with Gasteiger partial charge < -0.3 is 5.32 Å². The number of aryl methyl sites for hydroxylation is 2. The van der Waals surface area contributed by atoms with Crippen molar-refractivity contribution >= 4 is 21.6 Å². The molecule has 1 fully saturated rings. The lowest BCUT2D eigenvalue weighted by atomic mass is 9.78. The fourth-order valence-corrected chi connectivity index (χ4v) is 2.84. The van der Waals surface area contributed by atoms with Crippen LogP contribution in [-0.4, -0.2) is 16.0 Å². The second-order valence-electron chi connectivity index (χ2n) is 5.56. The van der Waals surface area contributed by atoms with E-state index in [0.717, 1.165) is 28.7 Å². The Morgan fingerprint density at radius 2 is 1.95 bits per heavy atom. The average Bonchev–Trinajstić information content (AvgIpc) is 2.39. The van der Waals surface area contributed by atoms with Gasteiger partial charge in [0.05, 0.1) is 11.4 Å². The SMILES string of the molecule is Cc1cnc(C)c(NC2CC(c3ccc(Br)cn3)C2)c1. The lowest BCUT2D eigenvalue weighted by molar-refractivity contribution is 0.367. The molecule has 2 aromatic heterocycles. The van der Waals surface area contributed by atoms with Gasteiger partial charge in [-0.25, -0.2) is 0 Å². The number of halogens is 1. The van der Waals surface area contributed by atoms with Crippen molar-refractivity contribution in [2.24, 2.45) is 0 Å². The molecule has 0 atom stereocenters. The highest BCUT2D eigenvalue weighted by atomic mass is 79.9. The van der Waals surface area contributed by atoms with Crippen LogP contribution in [0, 0.1) is 13.8 Å². The molecule has 0 radical (unpaired) electrons. The first-order chi connectivity index (χ1) is 9.61. The third kappa shape index (κ3) is 2.85. The highest BCUT2D eigenvalue weighted by Gasteiger charge is 2.31. The first-order valence-electron chi connectivity index (χ1n) is 6.93. The van der Waals surface area contributed by atoms with Crippen LogP contribution >= 0.6 is 15.9 Å². The van der Waals surface area contributed by atoms with Crippen LogP contribution in [0.3, 0.4) is 0 Å². The molecule has 1 aliphatic carbocycles. The zero-order valence-electron chi connectivity index (χ0n) is 11.7. The van der Waals surface area contributed by atoms with Crippen molar-refractivity contribution in [3.05, 3.63) is 52.0 Å². The molecule has 0 aromatic carbocycles. The summed E-state index contributed by atoms with van der Waals surface area (Å²) in [5.41, 5.74) is 4.63. The van der Waals surface area contributed by atoms with Crippen LogP contribution in [-0.2, 0) is 0 Å². The van der Waals surface area contributed by atoms with Crippen molar-refractivity contribution in [3.63, 3.8) is 0 Å². The highest BCUT2D eigenvalue weighted by molar-refractivity contribution is 9.10. The minimum Gasteiger partial charge on any atom is -0.381 e. The maximum atomic E-state index is 4.49. The highest BCUT2D eigenvalue weighted by Crippen LogP contribution is 2.38. The third-order valence-corrected chi connectivity index (χ3v) is 4.36. The van der Waals surface area contributed by atoms with Crippen molar-refractivity contribution in [3.8, 4) is 0 Å². The van der Waals surface area contributed by atoms with Crippen molar-refractivity contribution in [1.29, 1.82) is 0 Å². The number of hydrogen-bond donors (Lipinski definition) is 1. The van der Waals surface area contributed by atoms with Gasteiger partial charge in [-0.15, -0.1) is 0 Å². The van der Waals surface area contributed by atoms with Gasteiger partial charge in [0.15, 0.2) is 0 Å². The second kappa shape index (κ2) is 5.52. The van der Waals surface area contributed by atoms with Gasteiger partial charge in [-0.1, -0.05) is 0 Å². The molecule has 2 heterocycles. The monoisotopic (exact) mass is 331 g/mol. The fourth-order valence-electron chi connectivity index (χ4n) is 2.61. The second-order valence-corrected chi connectivity index (χ2v) is 6.47. The molecule has 1 aliphatic rings. The van der Waals surface area contributed by atoms with E-state index in [9.17, 15) is 0 Å². The van der Waals surface area contributed by atoms with E-state index >= 15 is 0 Å². The summed E-state index contributed by atoms with van der Waals surface area (Å²) in [5.74, 6) is 0.582. The van der Waals surface area contributed by atoms with E-state index in [2.05, 4.69) is 56.3 Å². The van der Waals surface area contributed by atoms with Crippen LogP contribution < -0.4 is 5.32 Å². The number of hydrogen-bond acceptors (Lipinski definition) is 3. The van der Waals surface area contributed by atoms with Gasteiger partial charge in [-0.3, -0.25) is 9.97 Å². The summed E-state index contributed by atoms with van der Waals surface area (Å²) >= 11 is 3.42. The summed E-state index contributed by atoms with van der Waals surface area (Å²) in [6, 6.07) is 6.89. The molecule has 1 saturated carbocycles. The molecule has 0 amide bonds. The number of nitrogens with zero attached hydrogens (tertiary/aromatic N) is 2. The molecule has 3 nitrogen and oxygen atoms in total. The normalized spacial score (nSPS) is 21.4. The maximum absolute atomic E-state index is 4.49. The molecule has 4 heteroatoms. The first kappa shape index (κ1) is 13.6. The molecular weight excluding hydrogens is 314 g/mol. The molecule has 0 bridgehead atoms. The fraction of sp³-hybridized carbons (Fsp3) is 0.375. The van der Waals surface area contributed by atoms with Gasteiger partial charge in [0.2, 0.25) is 0 Å². The smallest absolute Gasteiger partial charge is 0.0603 e. The Bertz CT molecular complexity index is 604. The number of nitrogens with one attached hydrogen (secondary N) is 1. The Morgan fingerprint density at radius 1 is 1.15 bits per heavy atom. The van der Waals surface area contributed by atoms with Gasteiger partial charge in [0, 0.05) is 34.5 Å². The van der Waals surface area contributed by atoms with Gasteiger partial charge >= 0.3 is 0 Å². The van der Waals surface area contributed by atoms with Gasteiger partial charge in [0.1, 0.15) is 0 Å². The number of rotatable bonds is 3. The zero-order valence-corrected chi connectivity index (χ0v) is 13.3. The van der Waals surface area contributed by atoms with Gasteiger partial charge in [0.25, 0.3) is 0 Å². The van der Waals surface area contributed by atoms with E-state index in [1.807, 2.05) is 19.3 Å². The molecule has 0 saturated heterocycles. The minimum atomic E-state index is 0.535. The van der Waals surface area contributed by atoms with Crippen LogP contribution in [0.15, 0.2) is 35.1 Å². The van der Waals surface area contributed by atoms with Crippen LogP contribution in [0.1, 0.15) is 35.7 Å². The zero-order chi connectivity index (χ0) is 14.1. The standard InChI is InChI=1S/C16H18BrN3/c1-10-5-16(11(2)18-8-10)20-14-6-12(7-14)15-4-3-13(17)9-19-15/h3-5,8-9,12,14,20H,6-7H2,1-2H3. The van der Waals surface area contributed by atoms with E-state index in [-0.39, 0.29) is 0 Å². The molecule has 1 N–H and O–H groups in total. The minimum absolute atomic E-state index is 0.535. The molecule has 2 aromatic rings. The summed E-state index contributed by atoms with van der Waals surface area (Å²) in [6.07, 6.45) is 6.07. The van der Waals surface area contributed by atoms with E-state index < -0.39 is 0 Å². The van der Waals surface area contributed by atoms with Crippen molar-refractivity contribution in [2.45, 2.75) is 38.6 Å². The van der Waals surface area contributed by atoms with Crippen LogP contribution in [0.5, 0.6) is 0 Å². The van der Waals surface area contributed by atoms with Crippen molar-refractivity contribution in [2.75, 3.05) is 5.32 Å². The summed E-state index contributed by atoms with van der Waals surface area (Å²) < 4.78 is 1.04. The van der Waals surface area contributed by atoms with Crippen LogP contribution in [0.4, 0.5) is 5.69 Å². The lowest BCUT2D eigenvalue weighted by Gasteiger charge is -2.36. The molecule has 3 rings (SSSR count). The summed E-state index contributed by atoms with van der Waals surface area (Å²) in [7, 11) is 0. The van der Waals surface area contributed by atoms with Crippen LogP contribution in [0.2, 0.25) is 0 Å². The molecule has 0 aliphatic heterocycles. The Labute approximate surface area is 128 Å². The van der Waals surface area contributed by atoms with E-state index in [1.165, 1.54) is 11.3 Å². The Kier molecular flexibility index (Phi) is 3.74. The molecule has 104 valence electrons. The quantitative estimate of drug-likeness (QED) is 0.915. The summed E-state index contributed by atoms with van der Waals surface area (Å²) in [4.78, 5) is 8.88. The summed E-state index contributed by atoms with van der Waals surface area (Å²) in [5, 5.41) is 3.60.